The van der Waals surface area contributed by atoms with Crippen molar-refractivity contribution in [2.45, 2.75) is 0 Å². The average molecular weight is 465 g/mol. The van der Waals surface area contributed by atoms with Crippen molar-refractivity contribution >= 4 is 67.6 Å². The van der Waals surface area contributed by atoms with Crippen LogP contribution in [0.1, 0.15) is 5.56 Å². The molecule has 1 amide bonds. The van der Waals surface area contributed by atoms with E-state index in [9.17, 15) is 9.90 Å². The molecule has 1 saturated heterocycles. The van der Waals surface area contributed by atoms with Gasteiger partial charge in [-0.3, -0.25) is 9.69 Å². The van der Waals surface area contributed by atoms with E-state index in [-0.39, 0.29) is 11.7 Å². The van der Waals surface area contributed by atoms with E-state index < -0.39 is 0 Å². The Morgan fingerprint density at radius 3 is 2.52 bits per heavy atom. The van der Waals surface area contributed by atoms with Crippen LogP contribution in [0.5, 0.6) is 11.5 Å². The minimum atomic E-state index is -0.221. The van der Waals surface area contributed by atoms with Crippen LogP contribution >= 0.6 is 39.9 Å². The van der Waals surface area contributed by atoms with E-state index >= 15 is 0 Å². The maximum Gasteiger partial charge on any atom is 0.270 e. The summed E-state index contributed by atoms with van der Waals surface area (Å²) in [5.74, 6) is 0.0765. The van der Waals surface area contributed by atoms with Gasteiger partial charge in [-0.05, 0) is 42.5 Å². The third-order valence-corrected chi connectivity index (χ3v) is 5.75. The fourth-order valence-electron chi connectivity index (χ4n) is 2.59. The summed E-state index contributed by atoms with van der Waals surface area (Å²) in [6.45, 7) is 0. The lowest BCUT2D eigenvalue weighted by Crippen LogP contribution is -2.27. The topological polar surface area (TPSA) is 53.0 Å². The van der Waals surface area contributed by atoms with Crippen molar-refractivity contribution in [3.05, 3.63) is 51.3 Å². The molecule has 1 heterocycles. The van der Waals surface area contributed by atoms with Crippen molar-refractivity contribution in [3.63, 3.8) is 0 Å². The van der Waals surface area contributed by atoms with Gasteiger partial charge in [0, 0.05) is 29.8 Å². The van der Waals surface area contributed by atoms with Gasteiger partial charge in [0.2, 0.25) is 0 Å². The average Bonchev–Trinajstić information content (AvgIpc) is 2.91. The predicted molar refractivity (Wildman–Crippen MR) is 119 cm³/mol. The van der Waals surface area contributed by atoms with Crippen molar-refractivity contribution < 1.29 is 14.6 Å². The summed E-state index contributed by atoms with van der Waals surface area (Å²) in [6, 6.07) is 11.0. The van der Waals surface area contributed by atoms with Crippen LogP contribution in [-0.4, -0.2) is 36.5 Å². The minimum Gasteiger partial charge on any atom is -0.504 e. The Labute approximate surface area is 175 Å². The number of thiocarbonyl (C=S) groups is 1. The van der Waals surface area contributed by atoms with Gasteiger partial charge in [-0.1, -0.05) is 39.9 Å². The molecule has 0 atom stereocenters. The van der Waals surface area contributed by atoms with Crippen LogP contribution in [0.4, 0.5) is 11.4 Å². The fourth-order valence-corrected chi connectivity index (χ4v) is 4.34. The minimum absolute atomic E-state index is 0.0266. The Morgan fingerprint density at radius 2 is 1.93 bits per heavy atom. The van der Waals surface area contributed by atoms with Gasteiger partial charge in [-0.25, -0.2) is 0 Å². The number of benzene rings is 2. The molecular formula is C19H17BrN2O3S2. The molecule has 0 aliphatic carbocycles. The molecular weight excluding hydrogens is 448 g/mol. The summed E-state index contributed by atoms with van der Waals surface area (Å²) in [5, 5.41) is 10.3. The third kappa shape index (κ3) is 3.97. The lowest BCUT2D eigenvalue weighted by atomic mass is 10.1. The van der Waals surface area contributed by atoms with Crippen LogP contribution in [0.25, 0.3) is 6.08 Å². The van der Waals surface area contributed by atoms with Gasteiger partial charge in [0.1, 0.15) is 0 Å². The highest BCUT2D eigenvalue weighted by molar-refractivity contribution is 9.10. The number of carbonyl (C=O) groups excluding carboxylic acids is 1. The second-order valence-electron chi connectivity index (χ2n) is 5.97. The summed E-state index contributed by atoms with van der Waals surface area (Å²) in [5.41, 5.74) is 2.22. The molecule has 0 aromatic heterocycles. The van der Waals surface area contributed by atoms with Crippen LogP contribution < -0.4 is 14.5 Å². The molecule has 0 saturated carbocycles. The molecule has 140 valence electrons. The SMILES string of the molecule is COc1cc(Br)cc(/C=C2\SC(=S)N(c3ccc(N(C)C)cc3)C2=O)c1O. The lowest BCUT2D eigenvalue weighted by Gasteiger charge is -2.17. The van der Waals surface area contributed by atoms with Gasteiger partial charge < -0.3 is 14.7 Å². The van der Waals surface area contributed by atoms with E-state index in [1.807, 2.05) is 43.3 Å². The molecule has 1 fully saturated rings. The molecule has 1 aliphatic heterocycles. The highest BCUT2D eigenvalue weighted by Crippen LogP contribution is 2.40. The first-order valence-corrected chi connectivity index (χ1v) is 9.95. The predicted octanol–water partition coefficient (Wildman–Crippen LogP) is 4.64. The Kier molecular flexibility index (Phi) is 5.78. The van der Waals surface area contributed by atoms with Crippen LogP contribution in [0.15, 0.2) is 45.8 Å². The third-order valence-electron chi connectivity index (χ3n) is 3.99. The molecule has 0 radical (unpaired) electrons. The number of hydrogen-bond acceptors (Lipinski definition) is 6. The number of halogens is 1. The molecule has 2 aromatic carbocycles. The second kappa shape index (κ2) is 7.92. The summed E-state index contributed by atoms with van der Waals surface area (Å²) in [7, 11) is 5.38. The van der Waals surface area contributed by atoms with Crippen molar-refractivity contribution in [2.24, 2.45) is 0 Å². The number of amides is 1. The number of aromatic hydroxyl groups is 1. The zero-order valence-electron chi connectivity index (χ0n) is 14.9. The van der Waals surface area contributed by atoms with Crippen molar-refractivity contribution in [2.75, 3.05) is 31.0 Å². The standard InChI is InChI=1S/C19H17BrN2O3S2/c1-21(2)13-4-6-14(7-5-13)22-18(24)16(27-19(22)26)9-11-8-12(20)10-15(25-3)17(11)23/h4-10,23H,1-3H3/b16-9-. The zero-order valence-corrected chi connectivity index (χ0v) is 18.1. The molecule has 0 unspecified atom stereocenters. The van der Waals surface area contributed by atoms with Gasteiger partial charge in [0.05, 0.1) is 17.7 Å². The first kappa shape index (κ1) is 19.7. The number of hydrogen-bond donors (Lipinski definition) is 1. The number of thioether (sulfide) groups is 1. The molecule has 27 heavy (non-hydrogen) atoms. The van der Waals surface area contributed by atoms with Crippen molar-refractivity contribution in [1.82, 2.24) is 0 Å². The Morgan fingerprint density at radius 1 is 1.26 bits per heavy atom. The second-order valence-corrected chi connectivity index (χ2v) is 8.57. The molecule has 0 bridgehead atoms. The van der Waals surface area contributed by atoms with Crippen molar-refractivity contribution in [1.29, 1.82) is 0 Å². The molecule has 3 rings (SSSR count). The first-order chi connectivity index (χ1) is 12.8. The van der Waals surface area contributed by atoms with E-state index in [0.29, 0.717) is 26.2 Å². The molecule has 1 aliphatic rings. The summed E-state index contributed by atoms with van der Waals surface area (Å²) in [4.78, 5) is 16.8. The number of methoxy groups -OCH3 is 1. The fraction of sp³-hybridized carbons (Fsp3) is 0.158. The van der Waals surface area contributed by atoms with Gasteiger partial charge in [-0.15, -0.1) is 0 Å². The first-order valence-electron chi connectivity index (χ1n) is 7.93. The van der Waals surface area contributed by atoms with Gasteiger partial charge >= 0.3 is 0 Å². The van der Waals surface area contributed by atoms with Crippen molar-refractivity contribution in [3.8, 4) is 11.5 Å². The number of nitrogens with zero attached hydrogens (tertiary/aromatic N) is 2. The van der Waals surface area contributed by atoms with Crippen LogP contribution in [0.3, 0.4) is 0 Å². The number of phenolic OH excluding ortho intramolecular Hbond substituents is 1. The summed E-state index contributed by atoms with van der Waals surface area (Å²) in [6.07, 6.45) is 1.62. The molecule has 0 spiro atoms. The maximum atomic E-state index is 12.9. The van der Waals surface area contributed by atoms with E-state index in [1.54, 1.807) is 18.2 Å². The number of rotatable bonds is 4. The number of phenols is 1. The monoisotopic (exact) mass is 464 g/mol. The molecule has 2 aromatic rings. The quantitative estimate of drug-likeness (QED) is 0.525. The summed E-state index contributed by atoms with van der Waals surface area (Å²) < 4.78 is 6.34. The van der Waals surface area contributed by atoms with Gasteiger partial charge in [0.15, 0.2) is 15.8 Å². The summed E-state index contributed by atoms with van der Waals surface area (Å²) >= 11 is 9.99. The molecule has 1 N–H and O–H groups in total. The van der Waals surface area contributed by atoms with E-state index in [0.717, 1.165) is 10.2 Å². The highest BCUT2D eigenvalue weighted by atomic mass is 79.9. The highest BCUT2D eigenvalue weighted by Gasteiger charge is 2.33. The Balaban J connectivity index is 1.94. The van der Waals surface area contributed by atoms with E-state index in [1.165, 1.54) is 23.8 Å². The lowest BCUT2D eigenvalue weighted by molar-refractivity contribution is -0.113. The Bertz CT molecular complexity index is 943. The largest absolute Gasteiger partial charge is 0.504 e. The number of carbonyl (C=O) groups is 1. The normalized spacial score (nSPS) is 15.6. The van der Waals surface area contributed by atoms with Crippen LogP contribution in [0.2, 0.25) is 0 Å². The zero-order chi connectivity index (χ0) is 19.7. The smallest absolute Gasteiger partial charge is 0.270 e. The van der Waals surface area contributed by atoms with Crippen LogP contribution in [-0.2, 0) is 4.79 Å². The Hall–Kier alpha value is -2.03. The maximum absolute atomic E-state index is 12.9. The molecule has 5 nitrogen and oxygen atoms in total. The molecule has 8 heteroatoms. The van der Waals surface area contributed by atoms with Gasteiger partial charge in [0.25, 0.3) is 5.91 Å². The van der Waals surface area contributed by atoms with Crippen LogP contribution in [0, 0.1) is 0 Å². The van der Waals surface area contributed by atoms with E-state index in [2.05, 4.69) is 15.9 Å². The number of ether oxygens (including phenoxy) is 1. The number of anilines is 2. The van der Waals surface area contributed by atoms with E-state index in [4.69, 9.17) is 17.0 Å². The van der Waals surface area contributed by atoms with Gasteiger partial charge in [-0.2, -0.15) is 0 Å².